The number of hydrogen-bond donors (Lipinski definition) is 1. The van der Waals surface area contributed by atoms with Crippen LogP contribution < -0.4 is 5.32 Å². The number of imidazole rings is 1. The number of aryl methyl sites for hydroxylation is 1. The molecule has 0 saturated heterocycles. The summed E-state index contributed by atoms with van der Waals surface area (Å²) in [7, 11) is 0. The zero-order valence-corrected chi connectivity index (χ0v) is 13.6. The van der Waals surface area contributed by atoms with E-state index < -0.39 is 0 Å². The van der Waals surface area contributed by atoms with Crippen LogP contribution in [0.15, 0.2) is 17.8 Å². The fourth-order valence-electron chi connectivity index (χ4n) is 2.54. The molecular formula is C15H21N5S. The van der Waals surface area contributed by atoms with Crippen LogP contribution in [0.5, 0.6) is 0 Å². The number of fused-ring (bicyclic) bond motifs is 1. The predicted molar refractivity (Wildman–Crippen MR) is 85.9 cm³/mol. The van der Waals surface area contributed by atoms with Gasteiger partial charge in [0.05, 0.1) is 17.9 Å². The van der Waals surface area contributed by atoms with Crippen LogP contribution in [0.3, 0.4) is 0 Å². The number of hydrogen-bond acceptors (Lipinski definition) is 4. The zero-order valence-electron chi connectivity index (χ0n) is 12.8. The second kappa shape index (κ2) is 5.99. The van der Waals surface area contributed by atoms with Crippen molar-refractivity contribution in [2.24, 2.45) is 0 Å². The van der Waals surface area contributed by atoms with Crippen molar-refractivity contribution in [2.75, 3.05) is 6.54 Å². The van der Waals surface area contributed by atoms with E-state index in [1.54, 1.807) is 11.3 Å². The Kier molecular flexibility index (Phi) is 4.07. The molecule has 1 N–H and O–H groups in total. The summed E-state index contributed by atoms with van der Waals surface area (Å²) in [6.45, 7) is 9.07. The lowest BCUT2D eigenvalue weighted by Crippen LogP contribution is -2.15. The topological polar surface area (TPSA) is 47.2 Å². The standard InChI is InChI=1S/C15H21N5S/c1-4-5-16-8-14-11(2)18-20(12(14)3)10-13-9-19-6-7-21-15(19)17-13/h6-7,9,16H,4-5,8,10H2,1-3H3. The van der Waals surface area contributed by atoms with E-state index >= 15 is 0 Å². The van der Waals surface area contributed by atoms with Crippen LogP contribution in [0.4, 0.5) is 0 Å². The van der Waals surface area contributed by atoms with Gasteiger partial charge in [-0.2, -0.15) is 5.10 Å². The summed E-state index contributed by atoms with van der Waals surface area (Å²) in [5.74, 6) is 0. The van der Waals surface area contributed by atoms with Gasteiger partial charge in [-0.25, -0.2) is 4.98 Å². The maximum absolute atomic E-state index is 4.67. The number of aromatic nitrogens is 4. The van der Waals surface area contributed by atoms with E-state index in [-0.39, 0.29) is 0 Å². The lowest BCUT2D eigenvalue weighted by molar-refractivity contribution is 0.643. The van der Waals surface area contributed by atoms with Crippen molar-refractivity contribution in [1.82, 2.24) is 24.5 Å². The second-order valence-electron chi connectivity index (χ2n) is 5.31. The van der Waals surface area contributed by atoms with E-state index in [1.165, 1.54) is 11.3 Å². The van der Waals surface area contributed by atoms with E-state index in [0.717, 1.165) is 42.4 Å². The van der Waals surface area contributed by atoms with Gasteiger partial charge >= 0.3 is 0 Å². The lowest BCUT2D eigenvalue weighted by Gasteiger charge is -2.05. The third-order valence-electron chi connectivity index (χ3n) is 3.71. The highest BCUT2D eigenvalue weighted by molar-refractivity contribution is 7.15. The number of nitrogens with zero attached hydrogens (tertiary/aromatic N) is 4. The molecule has 0 bridgehead atoms. The monoisotopic (exact) mass is 303 g/mol. The van der Waals surface area contributed by atoms with Gasteiger partial charge in [0.25, 0.3) is 0 Å². The molecule has 3 aromatic heterocycles. The summed E-state index contributed by atoms with van der Waals surface area (Å²) >= 11 is 1.66. The Morgan fingerprint density at radius 3 is 2.95 bits per heavy atom. The van der Waals surface area contributed by atoms with E-state index in [2.05, 4.69) is 51.5 Å². The van der Waals surface area contributed by atoms with E-state index in [9.17, 15) is 0 Å². The van der Waals surface area contributed by atoms with Crippen LogP contribution in [0.1, 0.15) is 36.0 Å². The molecule has 0 amide bonds. The van der Waals surface area contributed by atoms with Crippen LogP contribution in [-0.4, -0.2) is 25.7 Å². The first-order chi connectivity index (χ1) is 10.2. The van der Waals surface area contributed by atoms with Crippen LogP contribution in [0.25, 0.3) is 4.96 Å². The quantitative estimate of drug-likeness (QED) is 0.712. The minimum Gasteiger partial charge on any atom is -0.313 e. The van der Waals surface area contributed by atoms with Crippen molar-refractivity contribution in [1.29, 1.82) is 0 Å². The van der Waals surface area contributed by atoms with Gasteiger partial charge in [0.1, 0.15) is 0 Å². The molecular weight excluding hydrogens is 282 g/mol. The van der Waals surface area contributed by atoms with Gasteiger partial charge in [0, 0.05) is 35.6 Å². The van der Waals surface area contributed by atoms with E-state index in [4.69, 9.17) is 0 Å². The molecule has 3 rings (SSSR count). The number of nitrogens with one attached hydrogen (secondary N) is 1. The van der Waals surface area contributed by atoms with Crippen molar-refractivity contribution in [3.05, 3.63) is 40.4 Å². The third kappa shape index (κ3) is 2.87. The Bertz CT molecular complexity index is 708. The lowest BCUT2D eigenvalue weighted by atomic mass is 10.2. The average molecular weight is 303 g/mol. The number of rotatable bonds is 6. The molecule has 0 aliphatic heterocycles. The van der Waals surface area contributed by atoms with Gasteiger partial charge in [0.2, 0.25) is 0 Å². The van der Waals surface area contributed by atoms with Gasteiger partial charge in [-0.15, -0.1) is 11.3 Å². The molecule has 0 saturated carbocycles. The summed E-state index contributed by atoms with van der Waals surface area (Å²) in [6, 6.07) is 0. The maximum atomic E-state index is 4.67. The second-order valence-corrected chi connectivity index (χ2v) is 6.18. The van der Waals surface area contributed by atoms with Crippen LogP contribution >= 0.6 is 11.3 Å². The molecule has 6 heteroatoms. The zero-order chi connectivity index (χ0) is 14.8. The minimum absolute atomic E-state index is 0.731. The molecule has 0 fully saturated rings. The summed E-state index contributed by atoms with van der Waals surface area (Å²) < 4.78 is 4.13. The highest BCUT2D eigenvalue weighted by Crippen LogP contribution is 2.16. The van der Waals surface area contributed by atoms with Gasteiger partial charge in [-0.05, 0) is 26.8 Å². The largest absolute Gasteiger partial charge is 0.313 e. The first-order valence-corrected chi connectivity index (χ1v) is 8.21. The molecule has 0 aliphatic carbocycles. The molecule has 112 valence electrons. The SMILES string of the molecule is CCCNCc1c(C)nn(Cc2cn3ccsc3n2)c1C. The molecule has 0 atom stereocenters. The Morgan fingerprint density at radius 2 is 2.19 bits per heavy atom. The Morgan fingerprint density at radius 1 is 1.33 bits per heavy atom. The van der Waals surface area contributed by atoms with Gasteiger partial charge < -0.3 is 5.32 Å². The summed E-state index contributed by atoms with van der Waals surface area (Å²) in [5.41, 5.74) is 4.70. The Labute approximate surface area is 128 Å². The first kappa shape index (κ1) is 14.3. The normalized spacial score (nSPS) is 11.6. The molecule has 0 aromatic carbocycles. The molecule has 3 aromatic rings. The Balaban J connectivity index is 1.79. The van der Waals surface area contributed by atoms with E-state index in [1.807, 2.05) is 11.6 Å². The van der Waals surface area contributed by atoms with Crippen molar-refractivity contribution in [2.45, 2.75) is 40.3 Å². The van der Waals surface area contributed by atoms with E-state index in [0.29, 0.717) is 0 Å². The third-order valence-corrected chi connectivity index (χ3v) is 4.49. The van der Waals surface area contributed by atoms with Crippen molar-refractivity contribution in [3.63, 3.8) is 0 Å². The average Bonchev–Trinajstić information content (AvgIpc) is 3.09. The van der Waals surface area contributed by atoms with Crippen molar-refractivity contribution >= 4 is 16.3 Å². The molecule has 5 nitrogen and oxygen atoms in total. The van der Waals surface area contributed by atoms with Gasteiger partial charge in [-0.3, -0.25) is 9.08 Å². The molecule has 3 heterocycles. The predicted octanol–water partition coefficient (Wildman–Crippen LogP) is 2.76. The smallest absolute Gasteiger partial charge is 0.193 e. The Hall–Kier alpha value is -1.66. The fourth-order valence-corrected chi connectivity index (χ4v) is 3.26. The number of thiazole rings is 1. The highest BCUT2D eigenvalue weighted by Gasteiger charge is 2.12. The molecule has 0 spiro atoms. The van der Waals surface area contributed by atoms with Crippen LogP contribution in [0, 0.1) is 13.8 Å². The highest BCUT2D eigenvalue weighted by atomic mass is 32.1. The van der Waals surface area contributed by atoms with Gasteiger partial charge in [-0.1, -0.05) is 6.92 Å². The molecule has 0 aliphatic rings. The molecule has 0 unspecified atom stereocenters. The van der Waals surface area contributed by atoms with Crippen molar-refractivity contribution < 1.29 is 0 Å². The minimum atomic E-state index is 0.731. The molecule has 21 heavy (non-hydrogen) atoms. The van der Waals surface area contributed by atoms with Gasteiger partial charge in [0.15, 0.2) is 4.96 Å². The maximum Gasteiger partial charge on any atom is 0.193 e. The van der Waals surface area contributed by atoms with Crippen molar-refractivity contribution in [3.8, 4) is 0 Å². The van der Waals surface area contributed by atoms with Crippen LogP contribution in [0.2, 0.25) is 0 Å². The summed E-state index contributed by atoms with van der Waals surface area (Å²) in [4.78, 5) is 5.67. The summed E-state index contributed by atoms with van der Waals surface area (Å²) in [5, 5.41) is 10.2. The first-order valence-electron chi connectivity index (χ1n) is 7.33. The van der Waals surface area contributed by atoms with Crippen LogP contribution in [-0.2, 0) is 13.1 Å². The summed E-state index contributed by atoms with van der Waals surface area (Å²) in [6.07, 6.45) is 5.27. The molecule has 0 radical (unpaired) electrons. The fraction of sp³-hybridized carbons (Fsp3) is 0.467.